The number of hydrogen-bond acceptors (Lipinski definition) is 4. The first-order chi connectivity index (χ1) is 10.6. The third kappa shape index (κ3) is 4.31. The number of rotatable bonds is 4. The average Bonchev–Trinajstić information content (AvgIpc) is 2.53. The summed E-state index contributed by atoms with van der Waals surface area (Å²) >= 11 is 0. The first-order valence-corrected chi connectivity index (χ1v) is 6.82. The highest BCUT2D eigenvalue weighted by Crippen LogP contribution is 2.12. The number of amides is 2. The van der Waals surface area contributed by atoms with E-state index in [1.54, 1.807) is 18.3 Å². The van der Waals surface area contributed by atoms with Crippen LogP contribution in [0.3, 0.4) is 0 Å². The minimum atomic E-state index is -0.710. The van der Waals surface area contributed by atoms with E-state index >= 15 is 0 Å². The number of carbonyl (C=O) groups excluding carboxylic acids is 2. The van der Waals surface area contributed by atoms with E-state index in [9.17, 15) is 9.59 Å². The van der Waals surface area contributed by atoms with Crippen molar-refractivity contribution in [2.75, 3.05) is 24.3 Å². The van der Waals surface area contributed by atoms with Crippen molar-refractivity contribution in [2.24, 2.45) is 0 Å². The van der Waals surface area contributed by atoms with E-state index in [1.807, 2.05) is 43.3 Å². The molecule has 0 spiro atoms. The number of hydrogen-bond donors (Lipinski definition) is 2. The standard InChI is InChI=1S/C16H18N4O2/c1-20(2)14-7-5-12(6-8-14)10-18-15(21)16(22)19-13-4-3-9-17-11-13/h3-9,11H,10H2,1-2H3,(H,18,21)(H,19,22). The van der Waals surface area contributed by atoms with Gasteiger partial charge in [-0.3, -0.25) is 14.6 Å². The summed E-state index contributed by atoms with van der Waals surface area (Å²) < 4.78 is 0. The van der Waals surface area contributed by atoms with Crippen molar-refractivity contribution in [2.45, 2.75) is 6.54 Å². The Labute approximate surface area is 129 Å². The molecular weight excluding hydrogens is 280 g/mol. The maximum absolute atomic E-state index is 11.7. The van der Waals surface area contributed by atoms with E-state index in [0.717, 1.165) is 11.3 Å². The van der Waals surface area contributed by atoms with Crippen LogP contribution in [0.2, 0.25) is 0 Å². The van der Waals surface area contributed by atoms with Crippen LogP contribution in [0.1, 0.15) is 5.56 Å². The lowest BCUT2D eigenvalue weighted by molar-refractivity contribution is -0.136. The predicted octanol–water partition coefficient (Wildman–Crippen LogP) is 1.40. The Morgan fingerprint density at radius 1 is 1.09 bits per heavy atom. The molecule has 2 N–H and O–H groups in total. The van der Waals surface area contributed by atoms with Crippen molar-refractivity contribution >= 4 is 23.2 Å². The van der Waals surface area contributed by atoms with E-state index < -0.39 is 11.8 Å². The summed E-state index contributed by atoms with van der Waals surface area (Å²) in [6.45, 7) is 0.299. The Morgan fingerprint density at radius 2 is 1.82 bits per heavy atom. The number of nitrogens with one attached hydrogen (secondary N) is 2. The highest BCUT2D eigenvalue weighted by molar-refractivity contribution is 6.39. The summed E-state index contributed by atoms with van der Waals surface area (Å²) in [5.41, 5.74) is 2.48. The van der Waals surface area contributed by atoms with Crippen LogP contribution in [-0.4, -0.2) is 30.9 Å². The molecule has 0 saturated heterocycles. The van der Waals surface area contributed by atoms with Gasteiger partial charge in [0.25, 0.3) is 0 Å². The summed E-state index contributed by atoms with van der Waals surface area (Å²) in [4.78, 5) is 29.3. The van der Waals surface area contributed by atoms with Gasteiger partial charge in [0.05, 0.1) is 11.9 Å². The van der Waals surface area contributed by atoms with Crippen molar-refractivity contribution in [1.29, 1.82) is 0 Å². The minimum Gasteiger partial charge on any atom is -0.378 e. The van der Waals surface area contributed by atoms with Crippen LogP contribution in [0, 0.1) is 0 Å². The first kappa shape index (κ1) is 15.5. The summed E-state index contributed by atoms with van der Waals surface area (Å²) in [5.74, 6) is -1.39. The zero-order chi connectivity index (χ0) is 15.9. The highest BCUT2D eigenvalue weighted by atomic mass is 16.2. The minimum absolute atomic E-state index is 0.299. The molecule has 0 saturated carbocycles. The monoisotopic (exact) mass is 298 g/mol. The Morgan fingerprint density at radius 3 is 2.41 bits per heavy atom. The molecule has 2 rings (SSSR count). The number of benzene rings is 1. The zero-order valence-corrected chi connectivity index (χ0v) is 12.5. The molecule has 0 aliphatic heterocycles. The summed E-state index contributed by atoms with van der Waals surface area (Å²) in [6, 6.07) is 11.1. The lowest BCUT2D eigenvalue weighted by Crippen LogP contribution is -2.34. The molecule has 0 radical (unpaired) electrons. The van der Waals surface area contributed by atoms with Gasteiger partial charge < -0.3 is 15.5 Å². The van der Waals surface area contributed by atoms with Gasteiger partial charge in [-0.05, 0) is 29.8 Å². The molecule has 0 aliphatic rings. The Kier molecular flexibility index (Phi) is 5.08. The van der Waals surface area contributed by atoms with E-state index in [1.165, 1.54) is 6.20 Å². The quantitative estimate of drug-likeness (QED) is 0.837. The van der Waals surface area contributed by atoms with Gasteiger partial charge in [0, 0.05) is 32.5 Å². The zero-order valence-electron chi connectivity index (χ0n) is 12.5. The molecule has 22 heavy (non-hydrogen) atoms. The molecule has 1 aromatic carbocycles. The van der Waals surface area contributed by atoms with Crippen LogP contribution in [0.5, 0.6) is 0 Å². The second-order valence-electron chi connectivity index (χ2n) is 4.94. The molecule has 6 heteroatoms. The van der Waals surface area contributed by atoms with Gasteiger partial charge in [-0.2, -0.15) is 0 Å². The molecule has 1 heterocycles. The predicted molar refractivity (Wildman–Crippen MR) is 85.5 cm³/mol. The van der Waals surface area contributed by atoms with Crippen molar-refractivity contribution < 1.29 is 9.59 Å². The largest absolute Gasteiger partial charge is 0.378 e. The van der Waals surface area contributed by atoms with Crippen LogP contribution in [0.25, 0.3) is 0 Å². The molecule has 114 valence electrons. The third-order valence-corrected chi connectivity index (χ3v) is 3.03. The molecule has 2 aromatic rings. The molecule has 0 fully saturated rings. The number of nitrogens with zero attached hydrogens (tertiary/aromatic N) is 2. The summed E-state index contributed by atoms with van der Waals surface area (Å²) in [5, 5.41) is 5.06. The molecule has 0 bridgehead atoms. The number of carbonyl (C=O) groups is 2. The lowest BCUT2D eigenvalue weighted by atomic mass is 10.2. The maximum atomic E-state index is 11.7. The van der Waals surface area contributed by atoms with Gasteiger partial charge in [-0.1, -0.05) is 12.1 Å². The molecule has 1 aromatic heterocycles. The van der Waals surface area contributed by atoms with Crippen LogP contribution in [0.4, 0.5) is 11.4 Å². The van der Waals surface area contributed by atoms with Crippen LogP contribution in [0.15, 0.2) is 48.8 Å². The van der Waals surface area contributed by atoms with Crippen molar-refractivity contribution in [3.8, 4) is 0 Å². The number of anilines is 2. The third-order valence-electron chi connectivity index (χ3n) is 3.03. The van der Waals surface area contributed by atoms with Gasteiger partial charge in [0.1, 0.15) is 0 Å². The SMILES string of the molecule is CN(C)c1ccc(CNC(=O)C(=O)Nc2cccnc2)cc1. The Balaban J connectivity index is 1.85. The first-order valence-electron chi connectivity index (χ1n) is 6.82. The van der Waals surface area contributed by atoms with Crippen molar-refractivity contribution in [1.82, 2.24) is 10.3 Å². The molecular formula is C16H18N4O2. The van der Waals surface area contributed by atoms with Crippen molar-refractivity contribution in [3.63, 3.8) is 0 Å². The van der Waals surface area contributed by atoms with Gasteiger partial charge in [-0.25, -0.2) is 0 Å². The topological polar surface area (TPSA) is 74.3 Å². The smallest absolute Gasteiger partial charge is 0.313 e. The highest BCUT2D eigenvalue weighted by Gasteiger charge is 2.13. The lowest BCUT2D eigenvalue weighted by Gasteiger charge is -2.12. The Bertz CT molecular complexity index is 639. The average molecular weight is 298 g/mol. The summed E-state index contributed by atoms with van der Waals surface area (Å²) in [6.07, 6.45) is 3.07. The second-order valence-corrected chi connectivity index (χ2v) is 4.94. The molecule has 6 nitrogen and oxygen atoms in total. The van der Waals surface area contributed by atoms with Crippen molar-refractivity contribution in [3.05, 3.63) is 54.4 Å². The van der Waals surface area contributed by atoms with Crippen LogP contribution < -0.4 is 15.5 Å². The van der Waals surface area contributed by atoms with Gasteiger partial charge >= 0.3 is 11.8 Å². The second kappa shape index (κ2) is 7.21. The summed E-state index contributed by atoms with van der Waals surface area (Å²) in [7, 11) is 3.92. The fourth-order valence-electron chi connectivity index (χ4n) is 1.80. The molecule has 2 amide bonds. The normalized spacial score (nSPS) is 9.91. The van der Waals surface area contributed by atoms with E-state index in [2.05, 4.69) is 15.6 Å². The number of aromatic nitrogens is 1. The van der Waals surface area contributed by atoms with E-state index in [-0.39, 0.29) is 0 Å². The number of pyridine rings is 1. The van der Waals surface area contributed by atoms with Gasteiger partial charge in [0.2, 0.25) is 0 Å². The van der Waals surface area contributed by atoms with E-state index in [0.29, 0.717) is 12.2 Å². The molecule has 0 aliphatic carbocycles. The van der Waals surface area contributed by atoms with Gasteiger partial charge in [-0.15, -0.1) is 0 Å². The fraction of sp³-hybridized carbons (Fsp3) is 0.188. The van der Waals surface area contributed by atoms with E-state index in [4.69, 9.17) is 0 Å². The molecule has 0 unspecified atom stereocenters. The van der Waals surface area contributed by atoms with Crippen LogP contribution in [-0.2, 0) is 16.1 Å². The maximum Gasteiger partial charge on any atom is 0.313 e. The molecule has 0 atom stereocenters. The van der Waals surface area contributed by atoms with Crippen LogP contribution >= 0.6 is 0 Å². The Hall–Kier alpha value is -2.89. The fourth-order valence-corrected chi connectivity index (χ4v) is 1.80. The van der Waals surface area contributed by atoms with Gasteiger partial charge in [0.15, 0.2) is 0 Å².